The summed E-state index contributed by atoms with van der Waals surface area (Å²) >= 11 is 1.37. The molecule has 0 spiro atoms. The smallest absolute Gasteiger partial charge is 0.266 e. The first-order valence-corrected chi connectivity index (χ1v) is 11.0. The van der Waals surface area contributed by atoms with Crippen LogP contribution < -0.4 is 9.47 Å². The molecule has 5 nitrogen and oxygen atoms in total. The summed E-state index contributed by atoms with van der Waals surface area (Å²) < 4.78 is 12.1. The molecule has 6 heteroatoms. The molecule has 1 saturated heterocycles. The molecule has 1 aliphatic heterocycles. The van der Waals surface area contributed by atoms with E-state index in [-0.39, 0.29) is 5.91 Å². The fourth-order valence-electron chi connectivity index (χ4n) is 3.24. The number of allylic oxidation sites excluding steroid dienone is 1. The van der Waals surface area contributed by atoms with Crippen molar-refractivity contribution in [2.24, 2.45) is 4.99 Å². The van der Waals surface area contributed by atoms with Crippen molar-refractivity contribution in [3.63, 3.8) is 0 Å². The molecule has 2 aromatic carbocycles. The van der Waals surface area contributed by atoms with Crippen LogP contribution in [-0.4, -0.2) is 36.7 Å². The molecule has 1 aliphatic rings. The first kappa shape index (κ1) is 22.7. The standard InChI is InChI=1S/C25H28N2O3S/c1-6-8-20-13-19(15-22-24(28)27(5)25(26-4)31-22)14-21(29-7-2)23(20)30-16-18-11-9-17(3)10-12-18/h6,9-15H,1,7-8,16H2,2-5H3/b22-15-,26-25?. The zero-order valence-electron chi connectivity index (χ0n) is 18.5. The number of carbonyl (C=O) groups excluding carboxylic acids is 1. The predicted octanol–water partition coefficient (Wildman–Crippen LogP) is 5.23. The number of aliphatic imine (C=N–C) groups is 1. The number of hydrogen-bond acceptors (Lipinski definition) is 5. The Kier molecular flexibility index (Phi) is 7.58. The monoisotopic (exact) mass is 436 g/mol. The molecule has 1 fully saturated rings. The lowest BCUT2D eigenvalue weighted by Gasteiger charge is -2.17. The van der Waals surface area contributed by atoms with Crippen molar-refractivity contribution in [1.29, 1.82) is 0 Å². The minimum Gasteiger partial charge on any atom is -0.490 e. The molecule has 0 atom stereocenters. The summed E-state index contributed by atoms with van der Waals surface area (Å²) in [7, 11) is 3.42. The van der Waals surface area contributed by atoms with Crippen LogP contribution in [0.2, 0.25) is 0 Å². The number of amides is 1. The maximum Gasteiger partial charge on any atom is 0.266 e. The van der Waals surface area contributed by atoms with Crippen molar-refractivity contribution in [2.75, 3.05) is 20.7 Å². The number of carbonyl (C=O) groups is 1. The van der Waals surface area contributed by atoms with Crippen molar-refractivity contribution in [3.05, 3.63) is 76.2 Å². The van der Waals surface area contributed by atoms with Crippen molar-refractivity contribution in [1.82, 2.24) is 4.90 Å². The minimum atomic E-state index is -0.0615. The van der Waals surface area contributed by atoms with Crippen LogP contribution in [0.4, 0.5) is 0 Å². The molecule has 2 aromatic rings. The zero-order chi connectivity index (χ0) is 22.4. The third kappa shape index (κ3) is 5.39. The minimum absolute atomic E-state index is 0.0615. The van der Waals surface area contributed by atoms with Crippen LogP contribution >= 0.6 is 11.8 Å². The van der Waals surface area contributed by atoms with Crippen molar-refractivity contribution < 1.29 is 14.3 Å². The maximum atomic E-state index is 12.5. The summed E-state index contributed by atoms with van der Waals surface area (Å²) in [5.41, 5.74) is 4.15. The highest BCUT2D eigenvalue weighted by Crippen LogP contribution is 2.37. The lowest BCUT2D eigenvalue weighted by molar-refractivity contribution is -0.121. The van der Waals surface area contributed by atoms with Gasteiger partial charge in [0.25, 0.3) is 5.91 Å². The second kappa shape index (κ2) is 10.4. The molecule has 0 aromatic heterocycles. The lowest BCUT2D eigenvalue weighted by Crippen LogP contribution is -2.23. The number of thioether (sulfide) groups is 1. The normalized spacial score (nSPS) is 16.3. The van der Waals surface area contributed by atoms with Gasteiger partial charge in [0.1, 0.15) is 6.61 Å². The Morgan fingerprint density at radius 2 is 1.94 bits per heavy atom. The molecule has 162 valence electrons. The Hall–Kier alpha value is -2.99. The number of ether oxygens (including phenoxy) is 2. The molecular formula is C25H28N2O3S. The Bertz CT molecular complexity index is 1030. The summed E-state index contributed by atoms with van der Waals surface area (Å²) in [5, 5.41) is 0.686. The summed E-state index contributed by atoms with van der Waals surface area (Å²) in [6.07, 6.45) is 4.34. The Morgan fingerprint density at radius 3 is 2.55 bits per heavy atom. The van der Waals surface area contributed by atoms with Gasteiger partial charge in [-0.3, -0.25) is 14.7 Å². The van der Waals surface area contributed by atoms with Gasteiger partial charge in [0.15, 0.2) is 16.7 Å². The fraction of sp³-hybridized carbons (Fsp3) is 0.280. The van der Waals surface area contributed by atoms with Gasteiger partial charge in [0, 0.05) is 19.7 Å². The summed E-state index contributed by atoms with van der Waals surface area (Å²) in [4.78, 5) is 18.9. The molecule has 0 aliphatic carbocycles. The largest absolute Gasteiger partial charge is 0.490 e. The third-order valence-corrected chi connectivity index (χ3v) is 5.97. The van der Waals surface area contributed by atoms with Crippen LogP contribution in [-0.2, 0) is 17.8 Å². The Balaban J connectivity index is 1.96. The van der Waals surface area contributed by atoms with E-state index < -0.39 is 0 Å². The van der Waals surface area contributed by atoms with Gasteiger partial charge in [-0.15, -0.1) is 6.58 Å². The molecule has 0 saturated carbocycles. The maximum absolute atomic E-state index is 12.5. The van der Waals surface area contributed by atoms with Crippen molar-refractivity contribution >= 4 is 28.9 Å². The molecule has 0 unspecified atom stereocenters. The van der Waals surface area contributed by atoms with Gasteiger partial charge < -0.3 is 9.47 Å². The van der Waals surface area contributed by atoms with Gasteiger partial charge in [-0.2, -0.15) is 0 Å². The van der Waals surface area contributed by atoms with Gasteiger partial charge in [-0.25, -0.2) is 0 Å². The molecule has 1 amide bonds. The fourth-order valence-corrected chi connectivity index (χ4v) is 4.17. The SMILES string of the molecule is C=CCc1cc(/C=C2\SC(=NC)N(C)C2=O)cc(OCC)c1OCc1ccc(C)cc1. The molecule has 0 bridgehead atoms. The molecule has 31 heavy (non-hydrogen) atoms. The highest BCUT2D eigenvalue weighted by Gasteiger charge is 2.29. The number of hydrogen-bond donors (Lipinski definition) is 0. The van der Waals surface area contributed by atoms with Crippen molar-refractivity contribution in [2.45, 2.75) is 26.9 Å². The van der Waals surface area contributed by atoms with Crippen LogP contribution in [0.1, 0.15) is 29.2 Å². The first-order chi connectivity index (χ1) is 15.0. The number of amidine groups is 1. The summed E-state index contributed by atoms with van der Waals surface area (Å²) in [5.74, 6) is 1.31. The van der Waals surface area contributed by atoms with Crippen LogP contribution in [0.25, 0.3) is 6.08 Å². The number of benzene rings is 2. The molecule has 0 N–H and O–H groups in total. The number of aryl methyl sites for hydroxylation is 1. The van der Waals surface area contributed by atoms with E-state index in [0.29, 0.717) is 41.2 Å². The lowest BCUT2D eigenvalue weighted by atomic mass is 10.0. The molecular weight excluding hydrogens is 408 g/mol. The van der Waals surface area contributed by atoms with Gasteiger partial charge in [-0.05, 0) is 61.4 Å². The highest BCUT2D eigenvalue weighted by molar-refractivity contribution is 8.18. The van der Waals surface area contributed by atoms with E-state index in [0.717, 1.165) is 16.7 Å². The van der Waals surface area contributed by atoms with E-state index in [2.05, 4.69) is 42.8 Å². The third-order valence-electron chi connectivity index (χ3n) is 4.81. The predicted molar refractivity (Wildman–Crippen MR) is 129 cm³/mol. The number of nitrogens with zero attached hydrogens (tertiary/aromatic N) is 2. The zero-order valence-corrected chi connectivity index (χ0v) is 19.3. The molecule has 3 rings (SSSR count). The van der Waals surface area contributed by atoms with Crippen LogP contribution in [0.3, 0.4) is 0 Å². The van der Waals surface area contributed by atoms with Crippen LogP contribution in [0.15, 0.2) is 59.0 Å². The Morgan fingerprint density at radius 1 is 1.19 bits per heavy atom. The van der Waals surface area contributed by atoms with E-state index in [9.17, 15) is 4.79 Å². The Labute approximate surface area is 188 Å². The summed E-state index contributed by atoms with van der Waals surface area (Å²) in [6, 6.07) is 12.2. The quantitative estimate of drug-likeness (QED) is 0.420. The topological polar surface area (TPSA) is 51.1 Å². The summed E-state index contributed by atoms with van der Waals surface area (Å²) in [6.45, 7) is 8.85. The van der Waals surface area contributed by atoms with E-state index in [1.54, 1.807) is 19.0 Å². The average Bonchev–Trinajstić information content (AvgIpc) is 3.02. The van der Waals surface area contributed by atoms with Gasteiger partial charge >= 0.3 is 0 Å². The molecule has 0 radical (unpaired) electrons. The number of likely N-dealkylation sites (N-methyl/N-ethyl adjacent to an activating group) is 1. The second-order valence-electron chi connectivity index (χ2n) is 7.19. The second-order valence-corrected chi connectivity index (χ2v) is 8.20. The number of rotatable bonds is 8. The first-order valence-electron chi connectivity index (χ1n) is 10.2. The molecule has 1 heterocycles. The average molecular weight is 437 g/mol. The van der Waals surface area contributed by atoms with Gasteiger partial charge in [0.05, 0.1) is 11.5 Å². The highest BCUT2D eigenvalue weighted by atomic mass is 32.2. The van der Waals surface area contributed by atoms with Gasteiger partial charge in [0.2, 0.25) is 0 Å². The van der Waals surface area contributed by atoms with E-state index in [1.807, 2.05) is 31.2 Å². The van der Waals surface area contributed by atoms with Gasteiger partial charge in [-0.1, -0.05) is 35.9 Å². The van der Waals surface area contributed by atoms with Crippen LogP contribution in [0, 0.1) is 6.92 Å². The van der Waals surface area contributed by atoms with Crippen molar-refractivity contribution in [3.8, 4) is 11.5 Å². The van der Waals surface area contributed by atoms with Crippen LogP contribution in [0.5, 0.6) is 11.5 Å². The van der Waals surface area contributed by atoms with E-state index in [4.69, 9.17) is 9.47 Å². The van der Waals surface area contributed by atoms with E-state index >= 15 is 0 Å². The van der Waals surface area contributed by atoms with E-state index in [1.165, 1.54) is 17.3 Å².